The highest BCUT2D eigenvalue weighted by molar-refractivity contribution is 6.30. The van der Waals surface area contributed by atoms with Crippen LogP contribution in [0.3, 0.4) is 0 Å². The van der Waals surface area contributed by atoms with Crippen LogP contribution in [0.15, 0.2) is 18.2 Å². The summed E-state index contributed by atoms with van der Waals surface area (Å²) in [4.78, 5) is 23.2. The van der Waals surface area contributed by atoms with Crippen LogP contribution in [-0.2, 0) is 25.7 Å². The molecule has 1 aromatic rings. The lowest BCUT2D eigenvalue weighted by molar-refractivity contribution is -0.151. The van der Waals surface area contributed by atoms with Gasteiger partial charge in [0.1, 0.15) is 12.4 Å². The normalized spacial score (nSPS) is 10.3. The third kappa shape index (κ3) is 8.20. The molecule has 0 heterocycles. The second kappa shape index (κ2) is 11.7. The fourth-order valence-corrected chi connectivity index (χ4v) is 2.22. The number of rotatable bonds is 11. The number of halogens is 1. The van der Waals surface area contributed by atoms with Gasteiger partial charge in [-0.3, -0.25) is 9.59 Å². The van der Waals surface area contributed by atoms with Crippen molar-refractivity contribution < 1.29 is 23.8 Å². The Hall–Kier alpha value is -1.75. The third-order valence-electron chi connectivity index (χ3n) is 3.43. The van der Waals surface area contributed by atoms with Crippen molar-refractivity contribution in [3.63, 3.8) is 0 Å². The number of ether oxygens (including phenoxy) is 3. The molecule has 0 spiro atoms. The minimum absolute atomic E-state index is 0.00367. The predicted octanol–water partition coefficient (Wildman–Crippen LogP) is 4.30. The van der Waals surface area contributed by atoms with E-state index in [-0.39, 0.29) is 25.4 Å². The maximum atomic E-state index is 11.7. The fraction of sp³-hybridized carbons (Fsp3) is 0.556. The molecule has 0 bridgehead atoms. The number of unbranched alkanes of at least 4 members (excludes halogenated alkanes) is 3. The Morgan fingerprint density at radius 1 is 1.04 bits per heavy atom. The van der Waals surface area contributed by atoms with Crippen LogP contribution in [0.25, 0.3) is 0 Å². The molecular formula is C18H25ClO5. The van der Waals surface area contributed by atoms with E-state index in [0.29, 0.717) is 22.9 Å². The molecule has 134 valence electrons. The summed E-state index contributed by atoms with van der Waals surface area (Å²) in [7, 11) is 1.52. The van der Waals surface area contributed by atoms with E-state index in [1.807, 2.05) is 0 Å². The lowest BCUT2D eigenvalue weighted by atomic mass is 10.2. The number of hydrogen-bond acceptors (Lipinski definition) is 5. The first-order valence-electron chi connectivity index (χ1n) is 8.20. The highest BCUT2D eigenvalue weighted by Gasteiger charge is 2.11. The molecule has 0 atom stereocenters. The molecule has 0 aromatic heterocycles. The van der Waals surface area contributed by atoms with Crippen LogP contribution in [0.1, 0.15) is 51.0 Å². The second-order valence-corrected chi connectivity index (χ2v) is 5.83. The summed E-state index contributed by atoms with van der Waals surface area (Å²) < 4.78 is 15.4. The summed E-state index contributed by atoms with van der Waals surface area (Å²) in [5, 5.41) is 0.545. The van der Waals surface area contributed by atoms with E-state index < -0.39 is 5.97 Å². The number of carbonyl (C=O) groups excluding carboxylic acids is 2. The molecule has 0 fully saturated rings. The minimum atomic E-state index is -0.449. The van der Waals surface area contributed by atoms with Crippen LogP contribution >= 0.6 is 11.6 Å². The summed E-state index contributed by atoms with van der Waals surface area (Å²) in [6, 6.07) is 5.09. The molecule has 0 unspecified atom stereocenters. The molecule has 24 heavy (non-hydrogen) atoms. The van der Waals surface area contributed by atoms with Gasteiger partial charge in [-0.05, 0) is 18.6 Å². The standard InChI is InChI=1S/C18H25ClO5/c1-3-4-5-6-11-23-17(20)9-10-18(21)24-13-14-7-8-15(19)12-16(14)22-2/h7-8,12H,3-6,9-11,13H2,1-2H3. The number of hydrogen-bond donors (Lipinski definition) is 0. The van der Waals surface area contributed by atoms with Crippen molar-refractivity contribution in [3.8, 4) is 5.75 Å². The lowest BCUT2D eigenvalue weighted by Crippen LogP contribution is -2.11. The van der Waals surface area contributed by atoms with E-state index in [1.54, 1.807) is 18.2 Å². The van der Waals surface area contributed by atoms with Crippen molar-refractivity contribution in [2.24, 2.45) is 0 Å². The Bertz CT molecular complexity index is 530. The number of benzene rings is 1. The largest absolute Gasteiger partial charge is 0.496 e. The Labute approximate surface area is 148 Å². The van der Waals surface area contributed by atoms with Gasteiger partial charge in [0.2, 0.25) is 0 Å². The number of esters is 2. The first-order valence-corrected chi connectivity index (χ1v) is 8.58. The van der Waals surface area contributed by atoms with Crippen molar-refractivity contribution in [2.45, 2.75) is 52.1 Å². The molecule has 0 aliphatic rings. The first-order chi connectivity index (χ1) is 11.6. The topological polar surface area (TPSA) is 61.8 Å². The molecule has 0 saturated carbocycles. The Morgan fingerprint density at radius 3 is 2.42 bits per heavy atom. The van der Waals surface area contributed by atoms with Gasteiger partial charge in [0, 0.05) is 10.6 Å². The predicted molar refractivity (Wildman–Crippen MR) is 92.1 cm³/mol. The highest BCUT2D eigenvalue weighted by Crippen LogP contribution is 2.23. The molecule has 0 amide bonds. The van der Waals surface area contributed by atoms with Crippen molar-refractivity contribution in [1.29, 1.82) is 0 Å². The van der Waals surface area contributed by atoms with Gasteiger partial charge in [0.15, 0.2) is 0 Å². The van der Waals surface area contributed by atoms with Gasteiger partial charge < -0.3 is 14.2 Å². The smallest absolute Gasteiger partial charge is 0.306 e. The highest BCUT2D eigenvalue weighted by atomic mass is 35.5. The van der Waals surface area contributed by atoms with Crippen molar-refractivity contribution >= 4 is 23.5 Å². The van der Waals surface area contributed by atoms with Crippen LogP contribution in [0.2, 0.25) is 5.02 Å². The van der Waals surface area contributed by atoms with Crippen molar-refractivity contribution in [1.82, 2.24) is 0 Å². The van der Waals surface area contributed by atoms with E-state index in [9.17, 15) is 9.59 Å². The molecule has 0 aliphatic heterocycles. The van der Waals surface area contributed by atoms with Gasteiger partial charge in [0.25, 0.3) is 0 Å². The third-order valence-corrected chi connectivity index (χ3v) is 3.67. The molecule has 1 rings (SSSR count). The van der Waals surface area contributed by atoms with Gasteiger partial charge >= 0.3 is 11.9 Å². The van der Waals surface area contributed by atoms with E-state index in [2.05, 4.69) is 6.92 Å². The Balaban J connectivity index is 2.23. The summed E-state index contributed by atoms with van der Waals surface area (Å²) in [6.07, 6.45) is 4.22. The van der Waals surface area contributed by atoms with Gasteiger partial charge in [0.05, 0.1) is 26.6 Å². The van der Waals surface area contributed by atoms with E-state index in [4.69, 9.17) is 25.8 Å². The SMILES string of the molecule is CCCCCCOC(=O)CCC(=O)OCc1ccc(Cl)cc1OC. The summed E-state index contributed by atoms with van der Waals surface area (Å²) >= 11 is 5.87. The van der Waals surface area contributed by atoms with E-state index in [0.717, 1.165) is 25.7 Å². The van der Waals surface area contributed by atoms with Crippen LogP contribution in [0.5, 0.6) is 5.75 Å². The van der Waals surface area contributed by atoms with Crippen LogP contribution in [0, 0.1) is 0 Å². The zero-order chi connectivity index (χ0) is 17.8. The Kier molecular flexibility index (Phi) is 9.92. The summed E-state index contributed by atoms with van der Waals surface area (Å²) in [5.41, 5.74) is 0.716. The zero-order valence-electron chi connectivity index (χ0n) is 14.3. The maximum absolute atomic E-state index is 11.7. The molecular weight excluding hydrogens is 332 g/mol. The molecule has 1 aromatic carbocycles. The fourth-order valence-electron chi connectivity index (χ4n) is 2.06. The van der Waals surface area contributed by atoms with Crippen LogP contribution < -0.4 is 4.74 Å². The average Bonchev–Trinajstić information content (AvgIpc) is 2.58. The molecule has 0 saturated heterocycles. The van der Waals surface area contributed by atoms with Crippen molar-refractivity contribution in [3.05, 3.63) is 28.8 Å². The first kappa shape index (κ1) is 20.3. The molecule has 6 heteroatoms. The van der Waals surface area contributed by atoms with E-state index >= 15 is 0 Å². The van der Waals surface area contributed by atoms with Crippen LogP contribution in [-0.4, -0.2) is 25.7 Å². The molecule has 0 radical (unpaired) electrons. The molecule has 0 aliphatic carbocycles. The monoisotopic (exact) mass is 356 g/mol. The summed E-state index contributed by atoms with van der Waals surface area (Å²) in [6.45, 7) is 2.61. The molecule has 0 N–H and O–H groups in total. The number of methoxy groups -OCH3 is 1. The zero-order valence-corrected chi connectivity index (χ0v) is 15.1. The van der Waals surface area contributed by atoms with Gasteiger partial charge in [-0.15, -0.1) is 0 Å². The minimum Gasteiger partial charge on any atom is -0.496 e. The molecule has 5 nitrogen and oxygen atoms in total. The average molecular weight is 357 g/mol. The van der Waals surface area contributed by atoms with E-state index in [1.165, 1.54) is 7.11 Å². The van der Waals surface area contributed by atoms with Gasteiger partial charge in [-0.2, -0.15) is 0 Å². The van der Waals surface area contributed by atoms with Crippen molar-refractivity contribution in [2.75, 3.05) is 13.7 Å². The van der Waals surface area contributed by atoms with Gasteiger partial charge in [-0.1, -0.05) is 43.9 Å². The lowest BCUT2D eigenvalue weighted by Gasteiger charge is -2.10. The van der Waals surface area contributed by atoms with Crippen LogP contribution in [0.4, 0.5) is 0 Å². The maximum Gasteiger partial charge on any atom is 0.306 e. The second-order valence-electron chi connectivity index (χ2n) is 5.40. The quantitative estimate of drug-likeness (QED) is 0.437. The Morgan fingerprint density at radius 2 is 1.75 bits per heavy atom. The summed E-state index contributed by atoms with van der Waals surface area (Å²) in [5.74, 6) is -0.260. The number of carbonyl (C=O) groups is 2. The van der Waals surface area contributed by atoms with Gasteiger partial charge in [-0.25, -0.2) is 0 Å².